The molecule has 1 aliphatic heterocycles. The smallest absolute Gasteiger partial charge is 0.0261 e. The lowest BCUT2D eigenvalue weighted by Gasteiger charge is -2.45. The molecule has 0 aromatic heterocycles. The molecule has 1 aliphatic rings. The van der Waals surface area contributed by atoms with E-state index in [1.807, 2.05) is 0 Å². The van der Waals surface area contributed by atoms with Gasteiger partial charge in [-0.25, -0.2) is 0 Å². The van der Waals surface area contributed by atoms with Gasteiger partial charge in [0.05, 0.1) is 0 Å². The Balaban J connectivity index is 2.08. The molecule has 4 atom stereocenters. The van der Waals surface area contributed by atoms with Gasteiger partial charge in [-0.15, -0.1) is 0 Å². The van der Waals surface area contributed by atoms with Gasteiger partial charge in [0.15, 0.2) is 0 Å². The summed E-state index contributed by atoms with van der Waals surface area (Å²) in [6.07, 6.45) is 2.42. The molecule has 1 aromatic carbocycles. The molecule has 19 heavy (non-hydrogen) atoms. The number of nitrogens with two attached hydrogens (primary N) is 1. The fourth-order valence-electron chi connectivity index (χ4n) is 3.46. The van der Waals surface area contributed by atoms with Gasteiger partial charge in [-0.05, 0) is 37.2 Å². The van der Waals surface area contributed by atoms with Crippen LogP contribution in [0.5, 0.6) is 0 Å². The van der Waals surface area contributed by atoms with Crippen LogP contribution in [0, 0.1) is 11.8 Å². The van der Waals surface area contributed by atoms with Crippen molar-refractivity contribution in [2.75, 3.05) is 13.1 Å². The van der Waals surface area contributed by atoms with Crippen LogP contribution in [0.2, 0.25) is 0 Å². The summed E-state index contributed by atoms with van der Waals surface area (Å²) in [5, 5.41) is 0. The Labute approximate surface area is 118 Å². The van der Waals surface area contributed by atoms with E-state index in [-0.39, 0.29) is 0 Å². The quantitative estimate of drug-likeness (QED) is 0.902. The second-order valence-corrected chi connectivity index (χ2v) is 6.33. The molecule has 4 unspecified atom stereocenters. The molecule has 2 nitrogen and oxygen atoms in total. The second kappa shape index (κ2) is 6.53. The van der Waals surface area contributed by atoms with E-state index in [0.29, 0.717) is 12.1 Å². The molecule has 0 amide bonds. The van der Waals surface area contributed by atoms with Crippen molar-refractivity contribution in [2.45, 2.75) is 45.7 Å². The Morgan fingerprint density at radius 1 is 1.21 bits per heavy atom. The second-order valence-electron chi connectivity index (χ2n) is 6.33. The van der Waals surface area contributed by atoms with Crippen LogP contribution in [0.4, 0.5) is 0 Å². The highest BCUT2D eigenvalue weighted by Crippen LogP contribution is 2.29. The first-order valence-corrected chi connectivity index (χ1v) is 7.61. The summed E-state index contributed by atoms with van der Waals surface area (Å²) in [6.45, 7) is 9.05. The molecular weight excluding hydrogens is 232 g/mol. The van der Waals surface area contributed by atoms with Gasteiger partial charge in [-0.1, -0.05) is 44.2 Å². The number of nitrogens with zero attached hydrogens (tertiary/aromatic N) is 1. The molecule has 1 saturated heterocycles. The standard InChI is InChI=1S/C17H28N2/c1-13-9-14(2)15(3)19(12-13)17(11-18)10-16-7-5-4-6-8-16/h4-8,13-15,17H,9-12,18H2,1-3H3. The monoisotopic (exact) mass is 260 g/mol. The van der Waals surface area contributed by atoms with Crippen molar-refractivity contribution >= 4 is 0 Å². The maximum Gasteiger partial charge on any atom is 0.0261 e. The molecule has 0 aliphatic carbocycles. The van der Waals surface area contributed by atoms with Crippen LogP contribution in [-0.4, -0.2) is 30.1 Å². The number of piperidine rings is 1. The lowest BCUT2D eigenvalue weighted by Crippen LogP contribution is -2.54. The minimum atomic E-state index is 0.475. The average molecular weight is 260 g/mol. The van der Waals surface area contributed by atoms with Crippen LogP contribution >= 0.6 is 0 Å². The third-order valence-corrected chi connectivity index (χ3v) is 4.70. The molecule has 0 bridgehead atoms. The van der Waals surface area contributed by atoms with Crippen LogP contribution < -0.4 is 5.73 Å². The van der Waals surface area contributed by atoms with E-state index in [9.17, 15) is 0 Å². The van der Waals surface area contributed by atoms with Crippen molar-refractivity contribution in [3.05, 3.63) is 35.9 Å². The largest absolute Gasteiger partial charge is 0.329 e. The fourth-order valence-corrected chi connectivity index (χ4v) is 3.46. The lowest BCUT2D eigenvalue weighted by atomic mass is 9.84. The van der Waals surface area contributed by atoms with E-state index in [2.05, 4.69) is 56.0 Å². The van der Waals surface area contributed by atoms with E-state index >= 15 is 0 Å². The predicted molar refractivity (Wildman–Crippen MR) is 82.1 cm³/mol. The van der Waals surface area contributed by atoms with Crippen molar-refractivity contribution in [2.24, 2.45) is 17.6 Å². The van der Waals surface area contributed by atoms with E-state index in [0.717, 1.165) is 24.8 Å². The van der Waals surface area contributed by atoms with E-state index < -0.39 is 0 Å². The zero-order valence-electron chi connectivity index (χ0n) is 12.5. The van der Waals surface area contributed by atoms with E-state index in [1.54, 1.807) is 0 Å². The normalized spacial score (nSPS) is 30.2. The highest BCUT2D eigenvalue weighted by atomic mass is 15.2. The SMILES string of the molecule is CC1CC(C)C(C)N(C(CN)Cc2ccccc2)C1. The van der Waals surface area contributed by atoms with Crippen molar-refractivity contribution in [1.82, 2.24) is 4.90 Å². The van der Waals surface area contributed by atoms with Crippen molar-refractivity contribution < 1.29 is 0 Å². The average Bonchev–Trinajstić information content (AvgIpc) is 2.41. The van der Waals surface area contributed by atoms with Gasteiger partial charge in [0.25, 0.3) is 0 Å². The van der Waals surface area contributed by atoms with Gasteiger partial charge in [0.2, 0.25) is 0 Å². The summed E-state index contributed by atoms with van der Waals surface area (Å²) >= 11 is 0. The zero-order chi connectivity index (χ0) is 13.8. The molecule has 1 aromatic rings. The molecule has 106 valence electrons. The van der Waals surface area contributed by atoms with Crippen molar-refractivity contribution in [1.29, 1.82) is 0 Å². The number of likely N-dealkylation sites (tertiary alicyclic amines) is 1. The Morgan fingerprint density at radius 2 is 1.89 bits per heavy atom. The zero-order valence-corrected chi connectivity index (χ0v) is 12.5. The van der Waals surface area contributed by atoms with Gasteiger partial charge in [-0.2, -0.15) is 0 Å². The third kappa shape index (κ3) is 3.58. The fraction of sp³-hybridized carbons (Fsp3) is 0.647. The van der Waals surface area contributed by atoms with Crippen LogP contribution in [0.3, 0.4) is 0 Å². The molecule has 0 saturated carbocycles. The molecule has 0 radical (unpaired) electrons. The summed E-state index contributed by atoms with van der Waals surface area (Å²) < 4.78 is 0. The first-order valence-electron chi connectivity index (χ1n) is 7.61. The first kappa shape index (κ1) is 14.5. The number of hydrogen-bond acceptors (Lipinski definition) is 2. The Bertz CT molecular complexity index is 376. The topological polar surface area (TPSA) is 29.3 Å². The van der Waals surface area contributed by atoms with Crippen LogP contribution in [0.25, 0.3) is 0 Å². The number of benzene rings is 1. The first-order chi connectivity index (χ1) is 9.11. The van der Waals surface area contributed by atoms with Crippen molar-refractivity contribution in [3.63, 3.8) is 0 Å². The third-order valence-electron chi connectivity index (χ3n) is 4.70. The maximum atomic E-state index is 6.06. The minimum absolute atomic E-state index is 0.475. The van der Waals surface area contributed by atoms with Crippen LogP contribution in [0.15, 0.2) is 30.3 Å². The highest BCUT2D eigenvalue weighted by Gasteiger charge is 2.32. The molecule has 2 rings (SSSR count). The number of rotatable bonds is 4. The van der Waals surface area contributed by atoms with Gasteiger partial charge >= 0.3 is 0 Å². The summed E-state index contributed by atoms with van der Waals surface area (Å²) in [5.41, 5.74) is 7.46. The maximum absolute atomic E-state index is 6.06. The molecule has 0 spiro atoms. The Kier molecular flexibility index (Phi) is 5.00. The highest BCUT2D eigenvalue weighted by molar-refractivity contribution is 5.16. The van der Waals surface area contributed by atoms with Crippen molar-refractivity contribution in [3.8, 4) is 0 Å². The van der Waals surface area contributed by atoms with Gasteiger partial charge in [0.1, 0.15) is 0 Å². The van der Waals surface area contributed by atoms with E-state index in [4.69, 9.17) is 5.73 Å². The summed E-state index contributed by atoms with van der Waals surface area (Å²) in [6, 6.07) is 11.9. The Hall–Kier alpha value is -0.860. The van der Waals surface area contributed by atoms with Gasteiger partial charge in [0, 0.05) is 25.2 Å². The summed E-state index contributed by atoms with van der Waals surface area (Å²) in [7, 11) is 0. The molecule has 1 heterocycles. The van der Waals surface area contributed by atoms with E-state index in [1.165, 1.54) is 18.5 Å². The van der Waals surface area contributed by atoms with Gasteiger partial charge < -0.3 is 5.73 Å². The van der Waals surface area contributed by atoms with Crippen LogP contribution in [0.1, 0.15) is 32.8 Å². The summed E-state index contributed by atoms with van der Waals surface area (Å²) in [5.74, 6) is 1.56. The lowest BCUT2D eigenvalue weighted by molar-refractivity contribution is 0.0431. The minimum Gasteiger partial charge on any atom is -0.329 e. The van der Waals surface area contributed by atoms with Gasteiger partial charge in [-0.3, -0.25) is 4.90 Å². The summed E-state index contributed by atoms with van der Waals surface area (Å²) in [4.78, 5) is 2.64. The molecule has 2 heteroatoms. The Morgan fingerprint density at radius 3 is 2.53 bits per heavy atom. The molecular formula is C17H28N2. The molecule has 2 N–H and O–H groups in total. The molecule has 1 fully saturated rings. The van der Waals surface area contributed by atoms with Crippen LogP contribution in [-0.2, 0) is 6.42 Å². The number of hydrogen-bond donors (Lipinski definition) is 1. The predicted octanol–water partition coefficient (Wildman–Crippen LogP) is 2.92.